The molecule has 1 heterocycles. The van der Waals surface area contributed by atoms with Crippen LogP contribution < -0.4 is 5.73 Å². The molecule has 2 N–H and O–H groups in total. The highest BCUT2D eigenvalue weighted by Gasteiger charge is 1.89. The molecule has 0 saturated carbocycles. The molecule has 54 valence electrons. The molecular weight excluding hydrogens is 144 g/mol. The molecule has 0 saturated heterocycles. The number of thioether (sulfide) groups is 1. The molecule has 0 atom stereocenters. The van der Waals surface area contributed by atoms with Crippen molar-refractivity contribution in [2.24, 2.45) is 5.73 Å². The quantitative estimate of drug-likeness (QED) is 0.663. The first kappa shape index (κ1) is 7.57. The summed E-state index contributed by atoms with van der Waals surface area (Å²) in [7, 11) is 0. The van der Waals surface area contributed by atoms with Crippen LogP contribution in [0.1, 0.15) is 0 Å². The van der Waals surface area contributed by atoms with E-state index < -0.39 is 0 Å². The molecule has 0 aliphatic carbocycles. The fourth-order valence-electron chi connectivity index (χ4n) is 0.596. The van der Waals surface area contributed by atoms with Gasteiger partial charge in [0, 0.05) is 18.5 Å². The number of aromatic nitrogens is 1. The minimum Gasteiger partial charge on any atom is -0.330 e. The van der Waals surface area contributed by atoms with Gasteiger partial charge in [-0.05, 0) is 12.1 Å². The molecule has 0 spiro atoms. The van der Waals surface area contributed by atoms with E-state index in [1.807, 2.05) is 18.2 Å². The van der Waals surface area contributed by atoms with E-state index in [2.05, 4.69) is 4.98 Å². The van der Waals surface area contributed by atoms with Crippen LogP contribution in [0.2, 0.25) is 0 Å². The first-order valence-corrected chi connectivity index (χ1v) is 4.16. The Morgan fingerprint density at radius 2 is 2.40 bits per heavy atom. The Labute approximate surface area is 64.8 Å². The smallest absolute Gasteiger partial charge is 0.0960 e. The van der Waals surface area contributed by atoms with Crippen LogP contribution in [-0.4, -0.2) is 17.3 Å². The Morgan fingerprint density at radius 1 is 1.50 bits per heavy atom. The Balaban J connectivity index is 2.43. The summed E-state index contributed by atoms with van der Waals surface area (Å²) in [5.74, 6) is 0.941. The number of nitrogens with two attached hydrogens (primary N) is 1. The van der Waals surface area contributed by atoms with Crippen LogP contribution in [-0.2, 0) is 0 Å². The van der Waals surface area contributed by atoms with Crippen molar-refractivity contribution >= 4 is 11.8 Å². The highest BCUT2D eigenvalue weighted by atomic mass is 32.2. The van der Waals surface area contributed by atoms with E-state index in [0.717, 1.165) is 10.8 Å². The number of nitrogens with zero attached hydrogens (tertiary/aromatic N) is 1. The Hall–Kier alpha value is -0.540. The van der Waals surface area contributed by atoms with Crippen molar-refractivity contribution in [1.29, 1.82) is 0 Å². The van der Waals surface area contributed by atoms with Crippen molar-refractivity contribution < 1.29 is 0 Å². The molecule has 0 bridgehead atoms. The largest absolute Gasteiger partial charge is 0.330 e. The average molecular weight is 154 g/mol. The van der Waals surface area contributed by atoms with Crippen LogP contribution in [0.3, 0.4) is 0 Å². The lowest BCUT2D eigenvalue weighted by atomic mass is 10.5. The van der Waals surface area contributed by atoms with Crippen LogP contribution in [0.4, 0.5) is 0 Å². The fraction of sp³-hybridized carbons (Fsp3) is 0.286. The lowest BCUT2D eigenvalue weighted by molar-refractivity contribution is 1.11. The van der Waals surface area contributed by atoms with Crippen LogP contribution in [0.15, 0.2) is 29.4 Å². The molecule has 2 nitrogen and oxygen atoms in total. The lowest BCUT2D eigenvalue weighted by Crippen LogP contribution is -2.00. The second-order valence-corrected chi connectivity index (χ2v) is 2.92. The third kappa shape index (κ3) is 2.37. The first-order valence-electron chi connectivity index (χ1n) is 3.17. The normalized spacial score (nSPS) is 9.70. The van der Waals surface area contributed by atoms with Crippen molar-refractivity contribution in [3.63, 3.8) is 0 Å². The standard InChI is InChI=1S/C7H10N2S/c8-4-6-10-7-3-1-2-5-9-7/h1-3,5H,4,6,8H2. The SMILES string of the molecule is NCCSc1ccccn1. The number of hydrogen-bond donors (Lipinski definition) is 1. The van der Waals surface area contributed by atoms with E-state index in [-0.39, 0.29) is 0 Å². The number of rotatable bonds is 3. The van der Waals surface area contributed by atoms with Crippen molar-refractivity contribution in [1.82, 2.24) is 4.98 Å². The van der Waals surface area contributed by atoms with Gasteiger partial charge < -0.3 is 5.73 Å². The predicted molar refractivity (Wildman–Crippen MR) is 44.0 cm³/mol. The average Bonchev–Trinajstić information content (AvgIpc) is 2.03. The molecule has 0 aliphatic rings. The minimum absolute atomic E-state index is 0.710. The van der Waals surface area contributed by atoms with Gasteiger partial charge in [0.1, 0.15) is 0 Å². The van der Waals surface area contributed by atoms with Crippen LogP contribution in [0, 0.1) is 0 Å². The molecule has 10 heavy (non-hydrogen) atoms. The van der Waals surface area contributed by atoms with Gasteiger partial charge in [-0.25, -0.2) is 4.98 Å². The molecule has 0 radical (unpaired) electrons. The number of hydrogen-bond acceptors (Lipinski definition) is 3. The maximum absolute atomic E-state index is 5.33. The molecular formula is C7H10N2S. The van der Waals surface area contributed by atoms with Gasteiger partial charge in [-0.2, -0.15) is 0 Å². The Bertz CT molecular complexity index is 176. The summed E-state index contributed by atoms with van der Waals surface area (Å²) >= 11 is 1.68. The first-order chi connectivity index (χ1) is 4.93. The molecule has 0 unspecified atom stereocenters. The molecule has 1 aromatic rings. The molecule has 0 aromatic carbocycles. The summed E-state index contributed by atoms with van der Waals surface area (Å²) in [5, 5.41) is 1.05. The summed E-state index contributed by atoms with van der Waals surface area (Å²) in [6.45, 7) is 0.710. The van der Waals surface area contributed by atoms with E-state index in [0.29, 0.717) is 6.54 Å². The van der Waals surface area contributed by atoms with Gasteiger partial charge >= 0.3 is 0 Å². The van der Waals surface area contributed by atoms with Gasteiger partial charge in [0.05, 0.1) is 5.03 Å². The summed E-state index contributed by atoms with van der Waals surface area (Å²) in [6.07, 6.45) is 1.79. The zero-order chi connectivity index (χ0) is 7.23. The summed E-state index contributed by atoms with van der Waals surface area (Å²) in [6, 6.07) is 5.87. The van der Waals surface area contributed by atoms with E-state index in [1.54, 1.807) is 18.0 Å². The van der Waals surface area contributed by atoms with Gasteiger partial charge in [0.2, 0.25) is 0 Å². The summed E-state index contributed by atoms with van der Waals surface area (Å²) in [4.78, 5) is 4.12. The van der Waals surface area contributed by atoms with E-state index in [9.17, 15) is 0 Å². The summed E-state index contributed by atoms with van der Waals surface area (Å²) in [5.41, 5.74) is 5.33. The minimum atomic E-state index is 0.710. The molecule has 1 aromatic heterocycles. The van der Waals surface area contributed by atoms with E-state index >= 15 is 0 Å². The highest BCUT2D eigenvalue weighted by molar-refractivity contribution is 7.99. The molecule has 0 aliphatic heterocycles. The Morgan fingerprint density at radius 3 is 3.00 bits per heavy atom. The maximum Gasteiger partial charge on any atom is 0.0960 e. The van der Waals surface area contributed by atoms with Crippen LogP contribution in [0.5, 0.6) is 0 Å². The lowest BCUT2D eigenvalue weighted by Gasteiger charge is -1.95. The third-order valence-corrected chi connectivity index (χ3v) is 1.98. The van der Waals surface area contributed by atoms with Gasteiger partial charge in [-0.1, -0.05) is 6.07 Å². The predicted octanol–water partition coefficient (Wildman–Crippen LogP) is 1.13. The van der Waals surface area contributed by atoms with Crippen molar-refractivity contribution in [3.8, 4) is 0 Å². The van der Waals surface area contributed by atoms with E-state index in [4.69, 9.17) is 5.73 Å². The number of pyridine rings is 1. The zero-order valence-electron chi connectivity index (χ0n) is 5.66. The van der Waals surface area contributed by atoms with Gasteiger partial charge in [0.15, 0.2) is 0 Å². The van der Waals surface area contributed by atoms with Gasteiger partial charge in [-0.15, -0.1) is 11.8 Å². The van der Waals surface area contributed by atoms with Crippen molar-refractivity contribution in [3.05, 3.63) is 24.4 Å². The topological polar surface area (TPSA) is 38.9 Å². The van der Waals surface area contributed by atoms with Gasteiger partial charge in [-0.3, -0.25) is 0 Å². The van der Waals surface area contributed by atoms with E-state index in [1.165, 1.54) is 0 Å². The Kier molecular flexibility index (Phi) is 3.26. The second kappa shape index (κ2) is 4.30. The van der Waals surface area contributed by atoms with Crippen LogP contribution in [0.25, 0.3) is 0 Å². The molecule has 3 heteroatoms. The summed E-state index contributed by atoms with van der Waals surface area (Å²) < 4.78 is 0. The molecule has 0 fully saturated rings. The zero-order valence-corrected chi connectivity index (χ0v) is 6.47. The van der Waals surface area contributed by atoms with Crippen LogP contribution >= 0.6 is 11.8 Å². The molecule has 0 amide bonds. The van der Waals surface area contributed by atoms with Crippen molar-refractivity contribution in [2.75, 3.05) is 12.3 Å². The molecule has 1 rings (SSSR count). The maximum atomic E-state index is 5.33. The monoisotopic (exact) mass is 154 g/mol. The van der Waals surface area contributed by atoms with Crippen molar-refractivity contribution in [2.45, 2.75) is 5.03 Å². The highest BCUT2D eigenvalue weighted by Crippen LogP contribution is 2.11. The van der Waals surface area contributed by atoms with Gasteiger partial charge in [0.25, 0.3) is 0 Å². The third-order valence-electron chi connectivity index (χ3n) is 1.01. The fourth-order valence-corrected chi connectivity index (χ4v) is 1.23. The second-order valence-electron chi connectivity index (χ2n) is 1.81.